The van der Waals surface area contributed by atoms with Crippen LogP contribution in [-0.4, -0.2) is 37.3 Å². The minimum absolute atomic E-state index is 0.0577. The van der Waals surface area contributed by atoms with Gasteiger partial charge in [0.2, 0.25) is 6.54 Å². The lowest BCUT2D eigenvalue weighted by atomic mass is 9.96. The Kier molecular flexibility index (Phi) is 4.48. The first-order valence-corrected chi connectivity index (χ1v) is 4.93. The number of carbonyl (C=O) groups is 1. The summed E-state index contributed by atoms with van der Waals surface area (Å²) in [7, 11) is 1.28. The molecule has 6 nitrogen and oxygen atoms in total. The van der Waals surface area contributed by atoms with E-state index in [0.717, 1.165) is 12.8 Å². The Morgan fingerprint density at radius 3 is 2.93 bits per heavy atom. The van der Waals surface area contributed by atoms with E-state index in [0.29, 0.717) is 6.61 Å². The van der Waals surface area contributed by atoms with E-state index in [1.807, 2.05) is 0 Å². The monoisotopic (exact) mass is 217 g/mol. The van der Waals surface area contributed by atoms with Gasteiger partial charge in [0.05, 0.1) is 25.6 Å². The van der Waals surface area contributed by atoms with Crippen LogP contribution in [0.15, 0.2) is 0 Å². The lowest BCUT2D eigenvalue weighted by Gasteiger charge is -2.17. The maximum Gasteiger partial charge on any atom is 0.306 e. The molecule has 1 aliphatic heterocycles. The first kappa shape index (κ1) is 11.9. The van der Waals surface area contributed by atoms with E-state index < -0.39 is 10.9 Å². The highest BCUT2D eigenvalue weighted by molar-refractivity contribution is 5.69. The molecule has 1 fully saturated rings. The predicted molar refractivity (Wildman–Crippen MR) is 51.0 cm³/mol. The minimum Gasteiger partial charge on any atom is -0.469 e. The summed E-state index contributed by atoms with van der Waals surface area (Å²) in [5.41, 5.74) is 0. The molecule has 0 aromatic carbocycles. The van der Waals surface area contributed by atoms with Crippen LogP contribution >= 0.6 is 0 Å². The van der Waals surface area contributed by atoms with Crippen molar-refractivity contribution in [2.45, 2.75) is 25.4 Å². The SMILES string of the molecule is COC(=O)C[C@H](C[N+](=O)[O-])[C@H]1CCCO1. The quantitative estimate of drug-likeness (QED) is 0.383. The van der Waals surface area contributed by atoms with Crippen LogP contribution in [0.2, 0.25) is 0 Å². The van der Waals surface area contributed by atoms with E-state index in [1.165, 1.54) is 7.11 Å². The van der Waals surface area contributed by atoms with E-state index >= 15 is 0 Å². The number of hydrogen-bond acceptors (Lipinski definition) is 5. The van der Waals surface area contributed by atoms with Crippen molar-refractivity contribution in [2.24, 2.45) is 5.92 Å². The van der Waals surface area contributed by atoms with Crippen molar-refractivity contribution in [3.63, 3.8) is 0 Å². The summed E-state index contributed by atoms with van der Waals surface area (Å²) in [5, 5.41) is 10.4. The van der Waals surface area contributed by atoms with Crippen molar-refractivity contribution in [1.29, 1.82) is 0 Å². The molecule has 0 saturated carbocycles. The molecule has 0 unspecified atom stereocenters. The molecule has 0 aliphatic carbocycles. The Bertz CT molecular complexity index is 237. The maximum absolute atomic E-state index is 11.1. The molecule has 1 saturated heterocycles. The Hall–Kier alpha value is -1.17. The van der Waals surface area contributed by atoms with E-state index in [9.17, 15) is 14.9 Å². The summed E-state index contributed by atoms with van der Waals surface area (Å²) in [6, 6.07) is 0. The lowest BCUT2D eigenvalue weighted by molar-refractivity contribution is -0.490. The van der Waals surface area contributed by atoms with Crippen LogP contribution in [0, 0.1) is 16.0 Å². The van der Waals surface area contributed by atoms with Gasteiger partial charge in [-0.2, -0.15) is 0 Å². The van der Waals surface area contributed by atoms with Crippen molar-refractivity contribution in [3.8, 4) is 0 Å². The van der Waals surface area contributed by atoms with Crippen molar-refractivity contribution in [2.75, 3.05) is 20.3 Å². The fraction of sp³-hybridized carbons (Fsp3) is 0.889. The smallest absolute Gasteiger partial charge is 0.306 e. The molecule has 0 bridgehead atoms. The number of rotatable bonds is 5. The summed E-state index contributed by atoms with van der Waals surface area (Å²) in [4.78, 5) is 21.1. The molecule has 0 radical (unpaired) electrons. The lowest BCUT2D eigenvalue weighted by Crippen LogP contribution is -2.29. The van der Waals surface area contributed by atoms with Gasteiger partial charge in [-0.15, -0.1) is 0 Å². The van der Waals surface area contributed by atoms with Gasteiger partial charge in [0.1, 0.15) is 0 Å². The second kappa shape index (κ2) is 5.65. The van der Waals surface area contributed by atoms with Gasteiger partial charge in [-0.3, -0.25) is 14.9 Å². The van der Waals surface area contributed by atoms with Gasteiger partial charge in [0.25, 0.3) is 0 Å². The van der Waals surface area contributed by atoms with Crippen LogP contribution < -0.4 is 0 Å². The molecule has 2 atom stereocenters. The highest BCUT2D eigenvalue weighted by Crippen LogP contribution is 2.23. The number of nitro groups is 1. The molecule has 0 amide bonds. The zero-order valence-electron chi connectivity index (χ0n) is 8.68. The molecule has 15 heavy (non-hydrogen) atoms. The number of hydrogen-bond donors (Lipinski definition) is 0. The number of ether oxygens (including phenoxy) is 2. The molecule has 1 heterocycles. The topological polar surface area (TPSA) is 78.7 Å². The summed E-state index contributed by atoms with van der Waals surface area (Å²) < 4.78 is 9.85. The van der Waals surface area contributed by atoms with Crippen LogP contribution in [0.3, 0.4) is 0 Å². The van der Waals surface area contributed by atoms with Crippen molar-refractivity contribution in [1.82, 2.24) is 0 Å². The van der Waals surface area contributed by atoms with Gasteiger partial charge < -0.3 is 9.47 Å². The molecule has 0 N–H and O–H groups in total. The van der Waals surface area contributed by atoms with E-state index in [1.54, 1.807) is 0 Å². The Labute approximate surface area is 87.7 Å². The second-order valence-electron chi connectivity index (χ2n) is 3.61. The number of esters is 1. The van der Waals surface area contributed by atoms with Gasteiger partial charge in [0, 0.05) is 11.5 Å². The van der Waals surface area contributed by atoms with Gasteiger partial charge in [0.15, 0.2) is 0 Å². The minimum atomic E-state index is -0.419. The zero-order chi connectivity index (χ0) is 11.3. The summed E-state index contributed by atoms with van der Waals surface area (Å²) >= 11 is 0. The predicted octanol–water partition coefficient (Wildman–Crippen LogP) is 0.621. The molecule has 0 aromatic heterocycles. The largest absolute Gasteiger partial charge is 0.469 e. The van der Waals surface area contributed by atoms with Gasteiger partial charge >= 0.3 is 5.97 Å². The van der Waals surface area contributed by atoms with Crippen LogP contribution in [0.25, 0.3) is 0 Å². The van der Waals surface area contributed by atoms with Gasteiger partial charge in [-0.05, 0) is 12.8 Å². The van der Waals surface area contributed by atoms with E-state index in [2.05, 4.69) is 4.74 Å². The highest BCUT2D eigenvalue weighted by atomic mass is 16.6. The van der Waals surface area contributed by atoms with Crippen molar-refractivity contribution < 1.29 is 19.2 Å². The summed E-state index contributed by atoms with van der Waals surface area (Å²) in [6.07, 6.45) is 1.58. The van der Waals surface area contributed by atoms with Crippen LogP contribution in [0.4, 0.5) is 0 Å². The third kappa shape index (κ3) is 3.83. The molecular formula is C9H15NO5. The third-order valence-corrected chi connectivity index (χ3v) is 2.53. The second-order valence-corrected chi connectivity index (χ2v) is 3.61. The standard InChI is InChI=1S/C9H15NO5/c1-14-9(11)5-7(6-10(12)13)8-3-2-4-15-8/h7-8H,2-6H2,1H3/t7-,8-/m1/s1. The van der Waals surface area contributed by atoms with Crippen LogP contribution in [0.1, 0.15) is 19.3 Å². The molecular weight excluding hydrogens is 202 g/mol. The maximum atomic E-state index is 11.1. The Balaban J connectivity index is 2.51. The third-order valence-electron chi connectivity index (χ3n) is 2.53. The van der Waals surface area contributed by atoms with Gasteiger partial charge in [-0.25, -0.2) is 0 Å². The van der Waals surface area contributed by atoms with Crippen molar-refractivity contribution >= 4 is 5.97 Å². The van der Waals surface area contributed by atoms with E-state index in [-0.39, 0.29) is 25.0 Å². The molecule has 1 aliphatic rings. The average molecular weight is 217 g/mol. The Morgan fingerprint density at radius 1 is 1.73 bits per heavy atom. The normalized spacial score (nSPS) is 22.3. The number of carbonyl (C=O) groups excluding carboxylic acids is 1. The molecule has 6 heteroatoms. The highest BCUT2D eigenvalue weighted by Gasteiger charge is 2.31. The number of methoxy groups -OCH3 is 1. The van der Waals surface area contributed by atoms with Crippen LogP contribution in [-0.2, 0) is 14.3 Å². The first-order valence-electron chi connectivity index (χ1n) is 4.93. The Morgan fingerprint density at radius 2 is 2.47 bits per heavy atom. The van der Waals surface area contributed by atoms with Gasteiger partial charge in [-0.1, -0.05) is 0 Å². The molecule has 0 aromatic rings. The fourth-order valence-corrected chi connectivity index (χ4v) is 1.78. The first-order chi connectivity index (χ1) is 7.13. The van der Waals surface area contributed by atoms with E-state index in [4.69, 9.17) is 4.74 Å². The summed E-state index contributed by atoms with van der Waals surface area (Å²) in [6.45, 7) is 0.389. The average Bonchev–Trinajstić information content (AvgIpc) is 2.68. The fourth-order valence-electron chi connectivity index (χ4n) is 1.78. The van der Waals surface area contributed by atoms with Crippen molar-refractivity contribution in [3.05, 3.63) is 10.1 Å². The van der Waals surface area contributed by atoms with Crippen LogP contribution in [0.5, 0.6) is 0 Å². The zero-order valence-corrected chi connectivity index (χ0v) is 8.68. The molecule has 86 valence electrons. The molecule has 1 rings (SSSR count). The number of nitrogens with zero attached hydrogens (tertiary/aromatic N) is 1. The molecule has 0 spiro atoms. The summed E-state index contributed by atoms with van der Waals surface area (Å²) in [5.74, 6) is -0.785.